The number of halogens is 1. The molecule has 8 heteroatoms. The molecule has 0 radical (unpaired) electrons. The molecule has 1 fully saturated rings. The van der Waals surface area contributed by atoms with Gasteiger partial charge in [-0.1, -0.05) is 0 Å². The number of carbonyl (C=O) groups is 1. The zero-order valence-electron chi connectivity index (χ0n) is 15.3. The van der Waals surface area contributed by atoms with E-state index < -0.39 is 5.60 Å². The van der Waals surface area contributed by atoms with E-state index in [9.17, 15) is 9.18 Å². The van der Waals surface area contributed by atoms with Gasteiger partial charge >= 0.3 is 0 Å². The molecule has 6 nitrogen and oxygen atoms in total. The highest BCUT2D eigenvalue weighted by Crippen LogP contribution is 2.30. The van der Waals surface area contributed by atoms with Crippen LogP contribution in [0.25, 0.3) is 11.3 Å². The van der Waals surface area contributed by atoms with E-state index in [0.717, 1.165) is 29.9 Å². The fourth-order valence-electron chi connectivity index (χ4n) is 3.15. The zero-order valence-corrected chi connectivity index (χ0v) is 16.1. The van der Waals surface area contributed by atoms with Crippen LogP contribution in [-0.2, 0) is 11.8 Å². The largest absolute Gasteiger partial charge is 0.394 e. The molecule has 1 aromatic carbocycles. The molecule has 1 saturated heterocycles. The summed E-state index contributed by atoms with van der Waals surface area (Å²) < 4.78 is 20.5. The number of amides is 1. The molecule has 1 amide bonds. The minimum absolute atomic E-state index is 0.0361. The molecule has 0 saturated carbocycles. The predicted octanol–water partition coefficient (Wildman–Crippen LogP) is 2.23. The minimum atomic E-state index is -0.429. The van der Waals surface area contributed by atoms with Crippen LogP contribution in [0.1, 0.15) is 23.3 Å². The van der Waals surface area contributed by atoms with Crippen molar-refractivity contribution >= 4 is 17.7 Å². The van der Waals surface area contributed by atoms with Gasteiger partial charge in [0, 0.05) is 19.2 Å². The van der Waals surface area contributed by atoms with Crippen LogP contribution in [0.2, 0.25) is 0 Å². The van der Waals surface area contributed by atoms with Gasteiger partial charge in [-0.3, -0.25) is 9.48 Å². The van der Waals surface area contributed by atoms with E-state index in [1.165, 1.54) is 16.8 Å². The van der Waals surface area contributed by atoms with Crippen LogP contribution in [0.15, 0.2) is 30.3 Å². The van der Waals surface area contributed by atoms with Gasteiger partial charge in [-0.15, -0.1) is 0 Å². The van der Waals surface area contributed by atoms with E-state index in [0.29, 0.717) is 17.9 Å². The third-order valence-corrected chi connectivity index (χ3v) is 5.71. The number of ether oxygens (including phenoxy) is 1. The topological polar surface area (TPSA) is 76.4 Å². The van der Waals surface area contributed by atoms with Gasteiger partial charge in [-0.05, 0) is 54.7 Å². The van der Waals surface area contributed by atoms with Gasteiger partial charge in [0.15, 0.2) is 0 Å². The van der Waals surface area contributed by atoms with Crippen molar-refractivity contribution in [2.75, 3.05) is 31.3 Å². The lowest BCUT2D eigenvalue weighted by Crippen LogP contribution is -2.48. The number of nitrogens with zero attached hydrogens (tertiary/aromatic N) is 2. The van der Waals surface area contributed by atoms with E-state index >= 15 is 0 Å². The standard InChI is InChI=1S/C19H24FN3O3S/c1-23-17(12-16(22-23)14-2-4-15(20)5-3-14)18(25)21-13-19(26-9-8-24)6-10-27-11-7-19/h2-5,12,24H,6-11,13H2,1H3,(H,21,25). The Bertz CT molecular complexity index is 773. The molecule has 3 rings (SSSR count). The molecule has 0 atom stereocenters. The lowest BCUT2D eigenvalue weighted by atomic mass is 9.96. The predicted molar refractivity (Wildman–Crippen MR) is 103 cm³/mol. The number of rotatable bonds is 7. The maximum absolute atomic E-state index is 13.1. The zero-order chi connectivity index (χ0) is 19.3. The fourth-order valence-corrected chi connectivity index (χ4v) is 4.39. The molecule has 146 valence electrons. The monoisotopic (exact) mass is 393 g/mol. The van der Waals surface area contributed by atoms with Crippen LogP contribution in [0, 0.1) is 5.82 Å². The van der Waals surface area contributed by atoms with Crippen molar-refractivity contribution in [1.29, 1.82) is 0 Å². The summed E-state index contributed by atoms with van der Waals surface area (Å²) in [5.41, 5.74) is 1.36. The summed E-state index contributed by atoms with van der Waals surface area (Å²) in [6.45, 7) is 0.621. The van der Waals surface area contributed by atoms with Gasteiger partial charge in [-0.2, -0.15) is 16.9 Å². The maximum Gasteiger partial charge on any atom is 0.269 e. The van der Waals surface area contributed by atoms with E-state index in [1.807, 2.05) is 11.8 Å². The number of nitrogens with one attached hydrogen (secondary N) is 1. The lowest BCUT2D eigenvalue weighted by molar-refractivity contribution is -0.0608. The molecule has 2 heterocycles. The summed E-state index contributed by atoms with van der Waals surface area (Å²) >= 11 is 1.87. The smallest absolute Gasteiger partial charge is 0.269 e. The Morgan fingerprint density at radius 1 is 1.37 bits per heavy atom. The molecule has 2 aromatic rings. The van der Waals surface area contributed by atoms with Crippen LogP contribution < -0.4 is 5.32 Å². The third-order valence-electron chi connectivity index (χ3n) is 4.73. The first-order valence-electron chi connectivity index (χ1n) is 8.94. The summed E-state index contributed by atoms with van der Waals surface area (Å²) in [5.74, 6) is 1.40. The number of aromatic nitrogens is 2. The highest BCUT2D eigenvalue weighted by atomic mass is 32.2. The van der Waals surface area contributed by atoms with Gasteiger partial charge in [0.1, 0.15) is 11.5 Å². The Hall–Kier alpha value is -1.90. The molecule has 0 aliphatic carbocycles. The molecule has 1 aliphatic heterocycles. The van der Waals surface area contributed by atoms with E-state index in [-0.39, 0.29) is 24.9 Å². The molecule has 0 unspecified atom stereocenters. The summed E-state index contributed by atoms with van der Waals surface area (Å²) in [7, 11) is 1.71. The number of hydrogen-bond donors (Lipinski definition) is 2. The second-order valence-electron chi connectivity index (χ2n) is 6.60. The quantitative estimate of drug-likeness (QED) is 0.755. The average molecular weight is 393 g/mol. The van der Waals surface area contributed by atoms with Crippen LogP contribution >= 0.6 is 11.8 Å². The number of aliphatic hydroxyl groups is 1. The normalized spacial score (nSPS) is 16.3. The van der Waals surface area contributed by atoms with Gasteiger partial charge < -0.3 is 15.2 Å². The Morgan fingerprint density at radius 2 is 2.07 bits per heavy atom. The third kappa shape index (κ3) is 4.88. The first-order chi connectivity index (χ1) is 13.0. The molecule has 1 aliphatic rings. The maximum atomic E-state index is 13.1. The summed E-state index contributed by atoms with van der Waals surface area (Å²) in [6, 6.07) is 7.70. The van der Waals surface area contributed by atoms with Gasteiger partial charge in [-0.25, -0.2) is 4.39 Å². The number of thioether (sulfide) groups is 1. The first-order valence-corrected chi connectivity index (χ1v) is 10.1. The number of hydrogen-bond acceptors (Lipinski definition) is 5. The molecular formula is C19H24FN3O3S. The number of benzene rings is 1. The fraction of sp³-hybridized carbons (Fsp3) is 0.474. The van der Waals surface area contributed by atoms with Crippen molar-refractivity contribution in [3.05, 3.63) is 41.8 Å². The van der Waals surface area contributed by atoms with E-state index in [2.05, 4.69) is 10.4 Å². The second kappa shape index (κ2) is 8.86. The molecule has 1 aromatic heterocycles. The lowest BCUT2D eigenvalue weighted by Gasteiger charge is -2.37. The Balaban J connectivity index is 1.69. The van der Waals surface area contributed by atoms with Crippen molar-refractivity contribution in [3.8, 4) is 11.3 Å². The first kappa shape index (κ1) is 19.9. The van der Waals surface area contributed by atoms with Crippen LogP contribution in [-0.4, -0.2) is 57.7 Å². The Morgan fingerprint density at radius 3 is 2.74 bits per heavy atom. The number of aliphatic hydroxyl groups excluding tert-OH is 1. The SMILES string of the molecule is Cn1nc(-c2ccc(F)cc2)cc1C(=O)NCC1(OCCO)CCSCC1. The van der Waals surface area contributed by atoms with Crippen LogP contribution in [0.4, 0.5) is 4.39 Å². The Labute approximate surface area is 162 Å². The highest BCUT2D eigenvalue weighted by molar-refractivity contribution is 7.99. The second-order valence-corrected chi connectivity index (χ2v) is 7.82. The van der Waals surface area contributed by atoms with Gasteiger partial charge in [0.2, 0.25) is 0 Å². The molecule has 27 heavy (non-hydrogen) atoms. The van der Waals surface area contributed by atoms with Crippen molar-refractivity contribution in [3.63, 3.8) is 0 Å². The minimum Gasteiger partial charge on any atom is -0.394 e. The van der Waals surface area contributed by atoms with Crippen LogP contribution in [0.3, 0.4) is 0 Å². The van der Waals surface area contributed by atoms with Gasteiger partial charge in [0.25, 0.3) is 5.91 Å². The number of aryl methyl sites for hydroxylation is 1. The summed E-state index contributed by atoms with van der Waals surface area (Å²) in [6.07, 6.45) is 1.67. The number of carbonyl (C=O) groups excluding carboxylic acids is 1. The summed E-state index contributed by atoms with van der Waals surface area (Å²) in [5, 5.41) is 16.4. The van der Waals surface area contributed by atoms with Crippen molar-refractivity contribution in [2.24, 2.45) is 7.05 Å². The summed E-state index contributed by atoms with van der Waals surface area (Å²) in [4.78, 5) is 12.7. The highest BCUT2D eigenvalue weighted by Gasteiger charge is 2.34. The van der Waals surface area contributed by atoms with Gasteiger partial charge in [0.05, 0.1) is 24.5 Å². The average Bonchev–Trinajstić information content (AvgIpc) is 3.08. The molecule has 2 N–H and O–H groups in total. The van der Waals surface area contributed by atoms with Crippen molar-refractivity contribution < 1.29 is 19.0 Å². The molecule has 0 spiro atoms. The van der Waals surface area contributed by atoms with E-state index in [4.69, 9.17) is 9.84 Å². The molecule has 0 bridgehead atoms. The van der Waals surface area contributed by atoms with E-state index in [1.54, 1.807) is 25.2 Å². The van der Waals surface area contributed by atoms with Crippen molar-refractivity contribution in [1.82, 2.24) is 15.1 Å². The van der Waals surface area contributed by atoms with Crippen molar-refractivity contribution in [2.45, 2.75) is 18.4 Å². The molecular weight excluding hydrogens is 369 g/mol. The van der Waals surface area contributed by atoms with Crippen LogP contribution in [0.5, 0.6) is 0 Å². The Kier molecular flexibility index (Phi) is 6.51.